The zero-order valence-electron chi connectivity index (χ0n) is 17.3. The van der Waals surface area contributed by atoms with Crippen molar-refractivity contribution in [1.82, 2.24) is 0 Å². The van der Waals surface area contributed by atoms with Crippen LogP contribution in [0.1, 0.15) is 34.1 Å². The molecule has 0 aliphatic heterocycles. The Morgan fingerprint density at radius 1 is 0.828 bits per heavy atom. The monoisotopic (exact) mass is 400 g/mol. The van der Waals surface area contributed by atoms with Crippen LogP contribution in [-0.4, -0.2) is 49.7 Å². The summed E-state index contributed by atoms with van der Waals surface area (Å²) in [5.74, 6) is -3.05. The van der Waals surface area contributed by atoms with E-state index in [0.29, 0.717) is 19.5 Å². The molecule has 8 heteroatoms. The van der Waals surface area contributed by atoms with Crippen LogP contribution in [0.5, 0.6) is 0 Å². The lowest BCUT2D eigenvalue weighted by Crippen LogP contribution is -2.18. The molecule has 0 spiro atoms. The number of carbonyl (C=O) groups excluding carboxylic acids is 2. The molecule has 2 unspecified atom stereocenters. The highest BCUT2D eigenvalue weighted by atomic mass is 16.5. The summed E-state index contributed by atoms with van der Waals surface area (Å²) in [6.07, 6.45) is 9.16. The second-order valence-electron chi connectivity index (χ2n) is 6.42. The molecule has 0 aromatic heterocycles. The molecule has 0 aromatic carbocycles. The Kier molecular flexibility index (Phi) is 14.0. The van der Waals surface area contributed by atoms with Gasteiger partial charge in [0.25, 0.3) is 0 Å². The van der Waals surface area contributed by atoms with E-state index in [2.05, 4.69) is 9.98 Å². The van der Waals surface area contributed by atoms with Crippen molar-refractivity contribution in [1.29, 1.82) is 10.5 Å². The summed E-state index contributed by atoms with van der Waals surface area (Å²) in [5.41, 5.74) is 0. The third kappa shape index (κ3) is 13.5. The lowest BCUT2D eigenvalue weighted by molar-refractivity contribution is -0.149. The van der Waals surface area contributed by atoms with Crippen LogP contribution in [0.3, 0.4) is 0 Å². The molecule has 0 radical (unpaired) electrons. The topological polar surface area (TPSA) is 125 Å². The molecule has 0 saturated heterocycles. The Morgan fingerprint density at radius 3 is 1.52 bits per heavy atom. The number of hydrogen-bond donors (Lipinski definition) is 0. The van der Waals surface area contributed by atoms with E-state index < -0.39 is 23.8 Å². The molecule has 0 bridgehead atoms. The van der Waals surface area contributed by atoms with Gasteiger partial charge in [0.2, 0.25) is 0 Å². The molecule has 0 aromatic rings. The smallest absolute Gasteiger partial charge is 0.327 e. The maximum atomic E-state index is 11.6. The lowest BCUT2D eigenvalue weighted by Gasteiger charge is -2.08. The van der Waals surface area contributed by atoms with Crippen molar-refractivity contribution in [2.75, 3.05) is 13.1 Å². The standard InChI is InChI=1S/C21H28N4O4/c1-16(2)28-20(26)18(14-22)8-5-10-24-12-7-13-25-11-6-9-19(15-23)21(27)29-17(3)4/h5-6,8-11,16-19H,7,12-13H2,1-4H3/b8-5+,9-6+,24-10?,25-11?. The van der Waals surface area contributed by atoms with Gasteiger partial charge in [-0.05, 0) is 46.3 Å². The number of ether oxygens (including phenoxy) is 2. The van der Waals surface area contributed by atoms with Crippen molar-refractivity contribution in [3.8, 4) is 12.1 Å². The van der Waals surface area contributed by atoms with Gasteiger partial charge in [0.1, 0.15) is 0 Å². The average Bonchev–Trinajstić information content (AvgIpc) is 2.64. The normalized spacial score (nSPS) is 13.9. The summed E-state index contributed by atoms with van der Waals surface area (Å²) >= 11 is 0. The van der Waals surface area contributed by atoms with Crippen LogP contribution in [0.4, 0.5) is 0 Å². The highest BCUT2D eigenvalue weighted by Crippen LogP contribution is 2.04. The first kappa shape index (κ1) is 25.7. The summed E-state index contributed by atoms with van der Waals surface area (Å²) in [7, 11) is 0. The van der Waals surface area contributed by atoms with E-state index in [4.69, 9.17) is 20.0 Å². The minimum atomic E-state index is -0.949. The molecule has 0 saturated carbocycles. The second kappa shape index (κ2) is 15.8. The summed E-state index contributed by atoms with van der Waals surface area (Å²) in [6, 6.07) is 3.74. The van der Waals surface area contributed by atoms with Gasteiger partial charge in [-0.25, -0.2) is 0 Å². The molecule has 2 atom stereocenters. The molecule has 0 aliphatic carbocycles. The Hall–Kier alpha value is -3.26. The van der Waals surface area contributed by atoms with Gasteiger partial charge in [0.15, 0.2) is 11.8 Å². The number of esters is 2. The predicted molar refractivity (Wildman–Crippen MR) is 110 cm³/mol. The number of allylic oxidation sites excluding steroid dienone is 2. The van der Waals surface area contributed by atoms with Gasteiger partial charge in [0, 0.05) is 25.5 Å². The molecule has 0 aliphatic rings. The third-order valence-corrected chi connectivity index (χ3v) is 3.05. The molecule has 0 fully saturated rings. The van der Waals surface area contributed by atoms with E-state index in [0.717, 1.165) is 0 Å². The van der Waals surface area contributed by atoms with E-state index in [1.54, 1.807) is 39.8 Å². The molecule has 0 amide bonds. The molecule has 29 heavy (non-hydrogen) atoms. The number of carbonyl (C=O) groups is 2. The van der Waals surface area contributed by atoms with Crippen LogP contribution in [0.2, 0.25) is 0 Å². The number of nitrogens with zero attached hydrogens (tertiary/aromatic N) is 4. The molecular weight excluding hydrogens is 372 g/mol. The van der Waals surface area contributed by atoms with Gasteiger partial charge in [-0.1, -0.05) is 12.2 Å². The van der Waals surface area contributed by atoms with Crippen LogP contribution in [0.15, 0.2) is 34.3 Å². The molecular formula is C21H28N4O4. The number of nitriles is 2. The van der Waals surface area contributed by atoms with Gasteiger partial charge in [-0.3, -0.25) is 19.6 Å². The van der Waals surface area contributed by atoms with E-state index in [-0.39, 0.29) is 12.2 Å². The molecule has 0 N–H and O–H groups in total. The zero-order valence-corrected chi connectivity index (χ0v) is 17.3. The first-order valence-corrected chi connectivity index (χ1v) is 9.35. The van der Waals surface area contributed by atoms with E-state index in [1.807, 2.05) is 12.1 Å². The van der Waals surface area contributed by atoms with Crippen LogP contribution in [-0.2, 0) is 19.1 Å². The zero-order chi connectivity index (χ0) is 22.1. The fourth-order valence-electron chi connectivity index (χ4n) is 1.81. The van der Waals surface area contributed by atoms with Crippen LogP contribution in [0.25, 0.3) is 0 Å². The van der Waals surface area contributed by atoms with Crippen molar-refractivity contribution in [2.45, 2.75) is 46.3 Å². The first-order chi connectivity index (χ1) is 13.8. The van der Waals surface area contributed by atoms with Crippen molar-refractivity contribution in [3.05, 3.63) is 24.3 Å². The van der Waals surface area contributed by atoms with E-state index in [1.165, 1.54) is 24.6 Å². The minimum absolute atomic E-state index is 0.268. The average molecular weight is 400 g/mol. The van der Waals surface area contributed by atoms with Gasteiger partial charge in [-0.2, -0.15) is 10.5 Å². The predicted octanol–water partition coefficient (Wildman–Crippen LogP) is 2.81. The van der Waals surface area contributed by atoms with E-state index >= 15 is 0 Å². The second-order valence-corrected chi connectivity index (χ2v) is 6.42. The van der Waals surface area contributed by atoms with Crippen LogP contribution in [0, 0.1) is 34.5 Å². The highest BCUT2D eigenvalue weighted by Gasteiger charge is 2.17. The van der Waals surface area contributed by atoms with Crippen molar-refractivity contribution in [3.63, 3.8) is 0 Å². The molecule has 0 heterocycles. The summed E-state index contributed by atoms with van der Waals surface area (Å²) in [4.78, 5) is 31.5. The van der Waals surface area contributed by atoms with Gasteiger partial charge in [-0.15, -0.1) is 0 Å². The summed E-state index contributed by atoms with van der Waals surface area (Å²) in [6.45, 7) is 7.94. The maximum absolute atomic E-state index is 11.6. The van der Waals surface area contributed by atoms with Crippen LogP contribution >= 0.6 is 0 Å². The van der Waals surface area contributed by atoms with E-state index in [9.17, 15) is 9.59 Å². The van der Waals surface area contributed by atoms with Gasteiger partial charge < -0.3 is 9.47 Å². The fourth-order valence-corrected chi connectivity index (χ4v) is 1.81. The SMILES string of the molecule is CC(C)OC(=O)C(C#N)/C=C/C=NCCCN=C/C=C/C(C#N)C(=O)OC(C)C. The largest absolute Gasteiger partial charge is 0.462 e. The Bertz CT molecular complexity index is 649. The Balaban J connectivity index is 4.17. The minimum Gasteiger partial charge on any atom is -0.462 e. The number of rotatable bonds is 12. The quantitative estimate of drug-likeness (QED) is 0.282. The maximum Gasteiger partial charge on any atom is 0.327 e. The summed E-state index contributed by atoms with van der Waals surface area (Å²) in [5, 5.41) is 17.9. The molecule has 0 rings (SSSR count). The van der Waals surface area contributed by atoms with Crippen LogP contribution < -0.4 is 0 Å². The van der Waals surface area contributed by atoms with Crippen molar-refractivity contribution in [2.24, 2.45) is 21.8 Å². The first-order valence-electron chi connectivity index (χ1n) is 9.35. The van der Waals surface area contributed by atoms with Crippen molar-refractivity contribution >= 4 is 24.4 Å². The Morgan fingerprint density at radius 2 is 1.21 bits per heavy atom. The Labute approximate surface area is 172 Å². The third-order valence-electron chi connectivity index (χ3n) is 3.05. The van der Waals surface area contributed by atoms with Crippen molar-refractivity contribution < 1.29 is 19.1 Å². The number of hydrogen-bond acceptors (Lipinski definition) is 8. The fraction of sp³-hybridized carbons (Fsp3) is 0.524. The highest BCUT2D eigenvalue weighted by molar-refractivity contribution is 5.80. The van der Waals surface area contributed by atoms with Gasteiger partial charge >= 0.3 is 11.9 Å². The van der Waals surface area contributed by atoms with Gasteiger partial charge in [0.05, 0.1) is 24.3 Å². The molecule has 8 nitrogen and oxygen atoms in total. The summed E-state index contributed by atoms with van der Waals surface area (Å²) < 4.78 is 9.95. The number of aliphatic imine (C=N–C) groups is 2. The lowest BCUT2D eigenvalue weighted by atomic mass is 10.1. The molecule has 156 valence electrons.